The van der Waals surface area contributed by atoms with Crippen molar-refractivity contribution in [3.8, 4) is 0 Å². The van der Waals surface area contributed by atoms with Gasteiger partial charge < -0.3 is 0 Å². The van der Waals surface area contributed by atoms with Gasteiger partial charge in [-0.3, -0.25) is 10.1 Å². The molecule has 0 aliphatic carbocycles. The molecule has 168 valence electrons. The average molecular weight is 472 g/mol. The third kappa shape index (κ3) is 4.79. The first-order chi connectivity index (χ1) is 16.5. The van der Waals surface area contributed by atoms with Crippen LogP contribution in [0, 0.1) is 5.82 Å². The maximum absolute atomic E-state index is 13.1. The van der Waals surface area contributed by atoms with E-state index in [1.165, 1.54) is 18.2 Å². The van der Waals surface area contributed by atoms with Gasteiger partial charge in [0.1, 0.15) is 5.82 Å². The van der Waals surface area contributed by atoms with Crippen molar-refractivity contribution in [3.05, 3.63) is 112 Å². The van der Waals surface area contributed by atoms with E-state index in [-0.39, 0.29) is 17.8 Å². The second-order valence-electron chi connectivity index (χ2n) is 7.75. The third-order valence-corrected chi connectivity index (χ3v) is 5.68. The zero-order valence-corrected chi connectivity index (χ0v) is 18.7. The monoisotopic (exact) mass is 471 g/mol. The lowest BCUT2D eigenvalue weighted by molar-refractivity contribution is -0.111. The van der Waals surface area contributed by atoms with Gasteiger partial charge in [-0.2, -0.15) is 4.98 Å². The van der Waals surface area contributed by atoms with E-state index in [1.54, 1.807) is 22.9 Å². The van der Waals surface area contributed by atoms with Crippen molar-refractivity contribution in [2.24, 2.45) is 4.99 Å². The molecule has 1 aliphatic rings. The summed E-state index contributed by atoms with van der Waals surface area (Å²) in [6, 6.07) is 23.2. The Hall–Kier alpha value is -4.10. The minimum atomic E-state index is -0.400. The Bertz CT molecular complexity index is 1380. The molecular weight excluding hydrogens is 453 g/mol. The molecule has 5 rings (SSSR count). The highest BCUT2D eigenvalue weighted by Gasteiger charge is 2.28. The molecule has 0 bridgehead atoms. The standard InChI is InChI=1S/C26H19ClFN5O/c27-20-11-9-19(10-12-20)23-16-22(18-4-2-1-3-5-18)29-26-31-25(32-33(23)26)30-24(34)15-8-17-6-13-21(28)14-7-17/h1-15,23H,16H2,(H,30,32,34)/b15-8+. The molecule has 1 aromatic heterocycles. The van der Waals surface area contributed by atoms with Crippen LogP contribution in [-0.4, -0.2) is 26.4 Å². The molecular formula is C26H19ClFN5O. The van der Waals surface area contributed by atoms with Gasteiger partial charge in [0.15, 0.2) is 0 Å². The lowest BCUT2D eigenvalue weighted by Gasteiger charge is -2.23. The van der Waals surface area contributed by atoms with Gasteiger partial charge in [0.2, 0.25) is 0 Å². The highest BCUT2D eigenvalue weighted by molar-refractivity contribution is 6.30. The van der Waals surface area contributed by atoms with Crippen molar-refractivity contribution in [1.82, 2.24) is 14.8 Å². The van der Waals surface area contributed by atoms with Crippen LogP contribution in [0.3, 0.4) is 0 Å². The van der Waals surface area contributed by atoms with E-state index in [0.29, 0.717) is 23.0 Å². The second-order valence-corrected chi connectivity index (χ2v) is 8.19. The molecule has 8 heteroatoms. The lowest BCUT2D eigenvalue weighted by atomic mass is 9.96. The largest absolute Gasteiger partial charge is 0.290 e. The summed E-state index contributed by atoms with van der Waals surface area (Å²) in [6.07, 6.45) is 3.55. The molecule has 1 aliphatic heterocycles. The highest BCUT2D eigenvalue weighted by atomic mass is 35.5. The third-order valence-electron chi connectivity index (χ3n) is 5.42. The summed E-state index contributed by atoms with van der Waals surface area (Å²) >= 11 is 6.09. The molecule has 1 atom stereocenters. The molecule has 4 aromatic rings. The van der Waals surface area contributed by atoms with E-state index < -0.39 is 5.91 Å². The Labute approximate surface area is 200 Å². The van der Waals surface area contributed by atoms with Crippen molar-refractivity contribution in [2.75, 3.05) is 5.32 Å². The summed E-state index contributed by atoms with van der Waals surface area (Å²) in [5.74, 6) is -0.175. The summed E-state index contributed by atoms with van der Waals surface area (Å²) in [5.41, 5.74) is 3.60. The number of halogens is 2. The maximum Gasteiger partial charge on any atom is 0.250 e. The first kappa shape index (κ1) is 21.7. The number of carbonyl (C=O) groups excluding carboxylic acids is 1. The number of carbonyl (C=O) groups is 1. The van der Waals surface area contributed by atoms with Crippen LogP contribution < -0.4 is 5.32 Å². The van der Waals surface area contributed by atoms with Crippen LogP contribution in [0.4, 0.5) is 16.3 Å². The van der Waals surface area contributed by atoms with Crippen LogP contribution in [0.5, 0.6) is 0 Å². The van der Waals surface area contributed by atoms with Crippen molar-refractivity contribution in [3.63, 3.8) is 0 Å². The van der Waals surface area contributed by atoms with Crippen molar-refractivity contribution >= 4 is 41.2 Å². The first-order valence-corrected chi connectivity index (χ1v) is 11.0. The van der Waals surface area contributed by atoms with Crippen LogP contribution >= 0.6 is 11.6 Å². The normalized spacial score (nSPS) is 15.1. The summed E-state index contributed by atoms with van der Waals surface area (Å²) in [7, 11) is 0. The maximum atomic E-state index is 13.1. The number of rotatable bonds is 5. The average Bonchev–Trinajstić information content (AvgIpc) is 3.26. The van der Waals surface area contributed by atoms with Crippen LogP contribution in [0.2, 0.25) is 5.02 Å². The smallest absolute Gasteiger partial charge is 0.250 e. The van der Waals surface area contributed by atoms with Gasteiger partial charge in [-0.25, -0.2) is 14.1 Å². The molecule has 2 heterocycles. The first-order valence-electron chi connectivity index (χ1n) is 10.6. The van der Waals surface area contributed by atoms with E-state index in [1.807, 2.05) is 54.6 Å². The fourth-order valence-corrected chi connectivity index (χ4v) is 3.87. The zero-order chi connectivity index (χ0) is 23.5. The van der Waals surface area contributed by atoms with E-state index in [2.05, 4.69) is 15.4 Å². The van der Waals surface area contributed by atoms with Gasteiger partial charge in [-0.1, -0.05) is 66.2 Å². The number of hydrogen-bond acceptors (Lipinski definition) is 4. The fourth-order valence-electron chi connectivity index (χ4n) is 3.74. The van der Waals surface area contributed by atoms with E-state index in [0.717, 1.165) is 16.8 Å². The van der Waals surface area contributed by atoms with Crippen LogP contribution in [0.15, 0.2) is 89.9 Å². The summed E-state index contributed by atoms with van der Waals surface area (Å²) < 4.78 is 14.8. The fraction of sp³-hybridized carbons (Fsp3) is 0.0769. The Morgan fingerprint density at radius 1 is 1.03 bits per heavy atom. The van der Waals surface area contributed by atoms with Crippen molar-refractivity contribution in [2.45, 2.75) is 12.5 Å². The SMILES string of the molecule is O=C(/C=C/c1ccc(F)cc1)Nc1nc2n(n1)C(c1ccc(Cl)cc1)CC(c1ccccc1)=N2. The van der Waals surface area contributed by atoms with Crippen molar-refractivity contribution in [1.29, 1.82) is 0 Å². The van der Waals surface area contributed by atoms with Crippen LogP contribution in [0.1, 0.15) is 29.2 Å². The number of fused-ring (bicyclic) bond motifs is 1. The van der Waals surface area contributed by atoms with Gasteiger partial charge in [-0.05, 0) is 47.0 Å². The predicted molar refractivity (Wildman–Crippen MR) is 131 cm³/mol. The number of aromatic nitrogens is 3. The Kier molecular flexibility index (Phi) is 6.01. The molecule has 0 radical (unpaired) electrons. The molecule has 0 fully saturated rings. The number of nitrogens with zero attached hydrogens (tertiary/aromatic N) is 4. The van der Waals surface area contributed by atoms with Gasteiger partial charge >= 0.3 is 0 Å². The quantitative estimate of drug-likeness (QED) is 0.372. The molecule has 34 heavy (non-hydrogen) atoms. The molecule has 6 nitrogen and oxygen atoms in total. The van der Waals surface area contributed by atoms with Gasteiger partial charge in [0.25, 0.3) is 17.8 Å². The van der Waals surface area contributed by atoms with Crippen LogP contribution in [0.25, 0.3) is 6.08 Å². The van der Waals surface area contributed by atoms with Gasteiger partial charge in [-0.15, -0.1) is 5.10 Å². The minimum Gasteiger partial charge on any atom is -0.290 e. The van der Waals surface area contributed by atoms with Crippen LogP contribution in [-0.2, 0) is 4.79 Å². The number of amides is 1. The molecule has 1 amide bonds. The molecule has 0 saturated heterocycles. The lowest BCUT2D eigenvalue weighted by Crippen LogP contribution is -2.21. The Morgan fingerprint density at radius 2 is 1.76 bits per heavy atom. The number of nitrogens with one attached hydrogen (secondary N) is 1. The van der Waals surface area contributed by atoms with Crippen molar-refractivity contribution < 1.29 is 9.18 Å². The summed E-state index contributed by atoms with van der Waals surface area (Å²) in [6.45, 7) is 0. The number of benzene rings is 3. The Balaban J connectivity index is 1.43. The van der Waals surface area contributed by atoms with E-state index >= 15 is 0 Å². The number of hydrogen-bond donors (Lipinski definition) is 1. The molecule has 0 saturated carbocycles. The van der Waals surface area contributed by atoms with E-state index in [4.69, 9.17) is 16.6 Å². The van der Waals surface area contributed by atoms with E-state index in [9.17, 15) is 9.18 Å². The zero-order valence-electron chi connectivity index (χ0n) is 17.9. The second kappa shape index (κ2) is 9.41. The topological polar surface area (TPSA) is 72.2 Å². The molecule has 1 unspecified atom stereocenters. The number of aliphatic imine (C=N–C) groups is 1. The number of anilines is 1. The Morgan fingerprint density at radius 3 is 2.50 bits per heavy atom. The summed E-state index contributed by atoms with van der Waals surface area (Å²) in [5, 5.41) is 7.85. The minimum absolute atomic E-state index is 0.154. The predicted octanol–water partition coefficient (Wildman–Crippen LogP) is 5.84. The molecule has 1 N–H and O–H groups in total. The molecule has 0 spiro atoms. The van der Waals surface area contributed by atoms with Gasteiger partial charge in [0, 0.05) is 17.5 Å². The summed E-state index contributed by atoms with van der Waals surface area (Å²) in [4.78, 5) is 21.6. The highest BCUT2D eigenvalue weighted by Crippen LogP contribution is 2.34. The van der Waals surface area contributed by atoms with Gasteiger partial charge in [0.05, 0.1) is 11.8 Å². The molecule has 3 aromatic carbocycles.